The Bertz CT molecular complexity index is 1390. The first-order chi connectivity index (χ1) is 15.3. The van der Waals surface area contributed by atoms with E-state index >= 15 is 0 Å². The third-order valence-electron chi connectivity index (χ3n) is 6.37. The summed E-state index contributed by atoms with van der Waals surface area (Å²) in [6, 6.07) is 20.9. The fourth-order valence-electron chi connectivity index (χ4n) is 4.88. The number of fused-ring (bicyclic) bond motifs is 4. The van der Waals surface area contributed by atoms with E-state index in [-0.39, 0.29) is 6.04 Å². The van der Waals surface area contributed by atoms with E-state index in [1.54, 1.807) is 6.26 Å². The Hall–Kier alpha value is -3.57. The Morgan fingerprint density at radius 2 is 1.97 bits per heavy atom. The van der Waals surface area contributed by atoms with Gasteiger partial charge in [-0.3, -0.25) is 4.90 Å². The molecule has 0 fully saturated rings. The van der Waals surface area contributed by atoms with Crippen molar-refractivity contribution in [3.05, 3.63) is 95.8 Å². The standard InChI is InChI=1S/C26H24N4O/c1-29-23-13-5-4-12-22(23)28-26(29)25-24-20(19-10-2-3-11-21(19)27-24)14-16-30(25)15-6-8-18-9-7-17-31-18/h2-13,17,25,27H,14-16H2,1H3. The average molecular weight is 409 g/mol. The minimum atomic E-state index is 0.0646. The van der Waals surface area contributed by atoms with Crippen molar-refractivity contribution in [1.82, 2.24) is 19.4 Å². The number of hydrogen-bond acceptors (Lipinski definition) is 3. The van der Waals surface area contributed by atoms with E-state index in [4.69, 9.17) is 9.40 Å². The van der Waals surface area contributed by atoms with Gasteiger partial charge in [0.25, 0.3) is 0 Å². The Kier molecular flexibility index (Phi) is 4.28. The van der Waals surface area contributed by atoms with Crippen LogP contribution in [0, 0.1) is 0 Å². The zero-order chi connectivity index (χ0) is 20.8. The zero-order valence-electron chi connectivity index (χ0n) is 17.5. The second-order valence-corrected chi connectivity index (χ2v) is 8.15. The number of aromatic nitrogens is 3. The molecule has 154 valence electrons. The van der Waals surface area contributed by atoms with Crippen LogP contribution in [0.1, 0.15) is 28.9 Å². The maximum atomic E-state index is 5.46. The molecule has 1 atom stereocenters. The highest BCUT2D eigenvalue weighted by molar-refractivity contribution is 5.85. The molecule has 31 heavy (non-hydrogen) atoms. The quantitative estimate of drug-likeness (QED) is 0.438. The van der Waals surface area contributed by atoms with Crippen molar-refractivity contribution in [2.24, 2.45) is 7.05 Å². The van der Waals surface area contributed by atoms with Gasteiger partial charge in [0, 0.05) is 36.7 Å². The van der Waals surface area contributed by atoms with Crippen LogP contribution in [0.3, 0.4) is 0 Å². The molecule has 5 heteroatoms. The lowest BCUT2D eigenvalue weighted by molar-refractivity contribution is 0.224. The second kappa shape index (κ2) is 7.29. The zero-order valence-corrected chi connectivity index (χ0v) is 17.5. The first kappa shape index (κ1) is 18.2. The Labute approximate surface area is 180 Å². The predicted molar refractivity (Wildman–Crippen MR) is 124 cm³/mol. The Balaban J connectivity index is 1.47. The molecule has 0 saturated carbocycles. The topological polar surface area (TPSA) is 50.0 Å². The molecule has 1 N–H and O–H groups in total. The van der Waals surface area contributed by atoms with E-state index in [1.165, 1.54) is 22.2 Å². The number of aromatic amines is 1. The van der Waals surface area contributed by atoms with Crippen molar-refractivity contribution in [3.8, 4) is 0 Å². The Morgan fingerprint density at radius 3 is 2.84 bits per heavy atom. The summed E-state index contributed by atoms with van der Waals surface area (Å²) in [6.07, 6.45) is 6.96. The smallest absolute Gasteiger partial charge is 0.133 e. The molecule has 0 saturated heterocycles. The molecule has 0 amide bonds. The number of nitrogens with zero attached hydrogens (tertiary/aromatic N) is 3. The van der Waals surface area contributed by atoms with Crippen LogP contribution in [0.15, 0.2) is 77.4 Å². The summed E-state index contributed by atoms with van der Waals surface area (Å²) in [6.45, 7) is 1.80. The lowest BCUT2D eigenvalue weighted by atomic mass is 9.96. The van der Waals surface area contributed by atoms with Gasteiger partial charge in [-0.25, -0.2) is 4.98 Å². The number of hydrogen-bond donors (Lipinski definition) is 1. The third-order valence-corrected chi connectivity index (χ3v) is 6.37. The number of para-hydroxylation sites is 3. The molecule has 0 spiro atoms. The van der Waals surface area contributed by atoms with Crippen LogP contribution in [0.5, 0.6) is 0 Å². The molecule has 0 aliphatic carbocycles. The normalized spacial score (nSPS) is 17.1. The summed E-state index contributed by atoms with van der Waals surface area (Å²) < 4.78 is 7.70. The lowest BCUT2D eigenvalue weighted by Gasteiger charge is -2.34. The highest BCUT2D eigenvalue weighted by Crippen LogP contribution is 2.38. The lowest BCUT2D eigenvalue weighted by Crippen LogP contribution is -2.37. The summed E-state index contributed by atoms with van der Waals surface area (Å²) >= 11 is 0. The van der Waals surface area contributed by atoms with Gasteiger partial charge in [-0.2, -0.15) is 0 Å². The minimum Gasteiger partial charge on any atom is -0.465 e. The van der Waals surface area contributed by atoms with Crippen molar-refractivity contribution in [3.63, 3.8) is 0 Å². The molecule has 6 rings (SSSR count). The van der Waals surface area contributed by atoms with Gasteiger partial charge in [-0.05, 0) is 48.4 Å². The summed E-state index contributed by atoms with van der Waals surface area (Å²) in [5.41, 5.74) is 6.07. The average Bonchev–Trinajstić information content (AvgIpc) is 3.52. The fourth-order valence-corrected chi connectivity index (χ4v) is 4.88. The summed E-state index contributed by atoms with van der Waals surface area (Å²) in [4.78, 5) is 11.3. The van der Waals surface area contributed by atoms with Crippen LogP contribution >= 0.6 is 0 Å². The minimum absolute atomic E-state index is 0.0646. The van der Waals surface area contributed by atoms with Gasteiger partial charge in [-0.15, -0.1) is 0 Å². The predicted octanol–water partition coefficient (Wildman–Crippen LogP) is 5.31. The van der Waals surface area contributed by atoms with Crippen molar-refractivity contribution in [2.75, 3.05) is 13.1 Å². The summed E-state index contributed by atoms with van der Waals surface area (Å²) in [5, 5.41) is 1.33. The number of furan rings is 1. The van der Waals surface area contributed by atoms with Gasteiger partial charge in [-0.1, -0.05) is 36.4 Å². The monoisotopic (exact) mass is 408 g/mol. The molecule has 2 aromatic carbocycles. The van der Waals surface area contributed by atoms with E-state index in [0.717, 1.165) is 42.1 Å². The molecule has 3 aromatic heterocycles. The largest absolute Gasteiger partial charge is 0.465 e. The van der Waals surface area contributed by atoms with Crippen molar-refractivity contribution < 1.29 is 4.42 Å². The molecule has 0 radical (unpaired) electrons. The molecular formula is C26H24N4O. The van der Waals surface area contributed by atoms with Crippen LogP contribution in [0.2, 0.25) is 0 Å². The molecule has 5 aromatic rings. The van der Waals surface area contributed by atoms with Gasteiger partial charge in [0.2, 0.25) is 0 Å². The van der Waals surface area contributed by atoms with Crippen LogP contribution in [0.25, 0.3) is 28.0 Å². The van der Waals surface area contributed by atoms with Crippen LogP contribution < -0.4 is 0 Å². The molecule has 5 nitrogen and oxygen atoms in total. The molecule has 1 aliphatic rings. The number of nitrogens with one attached hydrogen (secondary N) is 1. The van der Waals surface area contributed by atoms with Crippen molar-refractivity contribution in [2.45, 2.75) is 12.5 Å². The molecule has 1 unspecified atom stereocenters. The number of rotatable bonds is 4. The number of benzene rings is 2. The van der Waals surface area contributed by atoms with Gasteiger partial charge in [0.1, 0.15) is 17.6 Å². The van der Waals surface area contributed by atoms with Gasteiger partial charge in [0.15, 0.2) is 0 Å². The highest BCUT2D eigenvalue weighted by atomic mass is 16.3. The number of H-pyrrole nitrogens is 1. The third kappa shape index (κ3) is 3.01. The fraction of sp³-hybridized carbons (Fsp3) is 0.192. The van der Waals surface area contributed by atoms with Crippen molar-refractivity contribution >= 4 is 28.0 Å². The van der Waals surface area contributed by atoms with E-state index in [2.05, 4.69) is 76.1 Å². The highest BCUT2D eigenvalue weighted by Gasteiger charge is 2.34. The van der Waals surface area contributed by atoms with Crippen LogP contribution in [-0.4, -0.2) is 32.5 Å². The summed E-state index contributed by atoms with van der Waals surface area (Å²) in [7, 11) is 2.12. The first-order valence-electron chi connectivity index (χ1n) is 10.7. The molecular weight excluding hydrogens is 384 g/mol. The molecule has 4 heterocycles. The second-order valence-electron chi connectivity index (χ2n) is 8.15. The SMILES string of the molecule is Cn1c(C2c3[nH]c4ccccc4c3CCN2CC=Cc2ccco2)nc2ccccc21. The van der Waals surface area contributed by atoms with Crippen LogP contribution in [-0.2, 0) is 13.5 Å². The number of imidazole rings is 1. The maximum Gasteiger partial charge on any atom is 0.133 e. The summed E-state index contributed by atoms with van der Waals surface area (Å²) in [5.74, 6) is 1.95. The van der Waals surface area contributed by atoms with Gasteiger partial charge >= 0.3 is 0 Å². The first-order valence-corrected chi connectivity index (χ1v) is 10.7. The van der Waals surface area contributed by atoms with Gasteiger partial charge < -0.3 is 14.0 Å². The van der Waals surface area contributed by atoms with Gasteiger partial charge in [0.05, 0.1) is 17.3 Å². The molecule has 0 bridgehead atoms. The van der Waals surface area contributed by atoms with Crippen LogP contribution in [0.4, 0.5) is 0 Å². The number of aryl methyl sites for hydroxylation is 1. The maximum absolute atomic E-state index is 5.46. The van der Waals surface area contributed by atoms with E-state index in [1.807, 2.05) is 18.2 Å². The Morgan fingerprint density at radius 1 is 1.10 bits per heavy atom. The molecule has 1 aliphatic heterocycles. The van der Waals surface area contributed by atoms with Crippen molar-refractivity contribution in [1.29, 1.82) is 0 Å². The van der Waals surface area contributed by atoms with E-state index in [0.29, 0.717) is 0 Å². The van der Waals surface area contributed by atoms with E-state index < -0.39 is 0 Å². The van der Waals surface area contributed by atoms with E-state index in [9.17, 15) is 0 Å².